The summed E-state index contributed by atoms with van der Waals surface area (Å²) < 4.78 is 23.3. The van der Waals surface area contributed by atoms with Gasteiger partial charge in [0.25, 0.3) is 0 Å². The lowest BCUT2D eigenvalue weighted by molar-refractivity contribution is -0.129. The zero-order valence-electron chi connectivity index (χ0n) is 11.4. The largest absolute Gasteiger partial charge is 0.375 e. The first-order chi connectivity index (χ1) is 9.48. The molecule has 110 valence electrons. The van der Waals surface area contributed by atoms with Crippen LogP contribution in [0.15, 0.2) is 29.2 Å². The number of carbonyl (C=O) groups is 1. The molecule has 1 aliphatic heterocycles. The summed E-state index contributed by atoms with van der Waals surface area (Å²) in [5.74, 6) is -0.0187. The molecule has 1 heterocycles. The van der Waals surface area contributed by atoms with Crippen molar-refractivity contribution in [2.75, 3.05) is 44.3 Å². The number of hydrogen-bond donors (Lipinski definition) is 2. The van der Waals surface area contributed by atoms with Gasteiger partial charge in [0.2, 0.25) is 5.91 Å². The van der Waals surface area contributed by atoms with Gasteiger partial charge >= 0.3 is 0 Å². The third-order valence-electron chi connectivity index (χ3n) is 3.19. The molecule has 1 aliphatic rings. The molecule has 0 aromatic heterocycles. The molecular weight excluding hydrogens is 278 g/mol. The van der Waals surface area contributed by atoms with Crippen LogP contribution in [0.5, 0.6) is 0 Å². The first-order valence-corrected chi connectivity index (χ1v) is 8.39. The number of piperazine rings is 1. The van der Waals surface area contributed by atoms with E-state index in [9.17, 15) is 13.2 Å². The highest BCUT2D eigenvalue weighted by molar-refractivity contribution is 7.90. The molecule has 0 unspecified atom stereocenters. The molecule has 1 aromatic carbocycles. The van der Waals surface area contributed by atoms with Crippen LogP contribution < -0.4 is 10.6 Å². The van der Waals surface area contributed by atoms with E-state index < -0.39 is 9.84 Å². The number of amides is 1. The molecule has 7 heteroatoms. The van der Waals surface area contributed by atoms with Crippen molar-refractivity contribution < 1.29 is 13.2 Å². The molecule has 0 bridgehead atoms. The van der Waals surface area contributed by atoms with Crippen molar-refractivity contribution in [3.8, 4) is 0 Å². The molecule has 0 atom stereocenters. The first kappa shape index (κ1) is 14.8. The average molecular weight is 297 g/mol. The number of carbonyl (C=O) groups excluding carboxylic acids is 1. The molecule has 2 rings (SSSR count). The minimum Gasteiger partial charge on any atom is -0.375 e. The fourth-order valence-corrected chi connectivity index (χ4v) is 3.00. The number of hydrogen-bond acceptors (Lipinski definition) is 5. The summed E-state index contributed by atoms with van der Waals surface area (Å²) in [4.78, 5) is 14.0. The minimum absolute atomic E-state index is 0.0187. The van der Waals surface area contributed by atoms with Gasteiger partial charge in [-0.25, -0.2) is 8.42 Å². The molecule has 1 amide bonds. The Morgan fingerprint density at radius 3 is 2.60 bits per heavy atom. The van der Waals surface area contributed by atoms with Gasteiger partial charge in [-0.1, -0.05) is 12.1 Å². The van der Waals surface area contributed by atoms with E-state index in [2.05, 4.69) is 10.6 Å². The number of anilines is 1. The molecule has 1 fully saturated rings. The lowest BCUT2D eigenvalue weighted by Crippen LogP contribution is -2.48. The van der Waals surface area contributed by atoms with Crippen LogP contribution in [0, 0.1) is 0 Å². The lowest BCUT2D eigenvalue weighted by atomic mass is 10.3. The van der Waals surface area contributed by atoms with Crippen molar-refractivity contribution in [3.63, 3.8) is 0 Å². The topological polar surface area (TPSA) is 78.5 Å². The van der Waals surface area contributed by atoms with Crippen LogP contribution in [0.1, 0.15) is 0 Å². The summed E-state index contributed by atoms with van der Waals surface area (Å²) in [5.41, 5.74) is 0.471. The highest BCUT2D eigenvalue weighted by Crippen LogP contribution is 2.20. The second kappa shape index (κ2) is 6.23. The molecule has 6 nitrogen and oxygen atoms in total. The highest BCUT2D eigenvalue weighted by Gasteiger charge is 2.17. The van der Waals surface area contributed by atoms with Gasteiger partial charge in [-0.05, 0) is 12.1 Å². The number of nitrogens with one attached hydrogen (secondary N) is 2. The zero-order valence-corrected chi connectivity index (χ0v) is 12.2. The number of sulfone groups is 1. The average Bonchev–Trinajstić information content (AvgIpc) is 2.45. The van der Waals surface area contributed by atoms with Crippen LogP contribution in [0.4, 0.5) is 5.69 Å². The zero-order chi connectivity index (χ0) is 14.6. The normalized spacial score (nSPS) is 15.9. The molecular formula is C13H19N3O3S. The van der Waals surface area contributed by atoms with E-state index in [-0.39, 0.29) is 17.3 Å². The Morgan fingerprint density at radius 2 is 1.95 bits per heavy atom. The maximum Gasteiger partial charge on any atom is 0.241 e. The van der Waals surface area contributed by atoms with E-state index in [0.29, 0.717) is 18.8 Å². The van der Waals surface area contributed by atoms with E-state index in [1.54, 1.807) is 23.1 Å². The molecule has 0 saturated carbocycles. The van der Waals surface area contributed by atoms with Crippen LogP contribution >= 0.6 is 0 Å². The van der Waals surface area contributed by atoms with Crippen LogP contribution in [0.3, 0.4) is 0 Å². The molecule has 0 aliphatic carbocycles. The van der Waals surface area contributed by atoms with Crippen LogP contribution in [0.25, 0.3) is 0 Å². The summed E-state index contributed by atoms with van der Waals surface area (Å²) in [6.45, 7) is 3.08. The maximum absolute atomic E-state index is 12.0. The highest BCUT2D eigenvalue weighted by atomic mass is 32.2. The van der Waals surface area contributed by atoms with Crippen molar-refractivity contribution in [1.29, 1.82) is 0 Å². The number of nitrogens with zero attached hydrogens (tertiary/aromatic N) is 1. The Kier molecular flexibility index (Phi) is 4.61. The monoisotopic (exact) mass is 297 g/mol. The number of rotatable bonds is 4. The molecule has 20 heavy (non-hydrogen) atoms. The van der Waals surface area contributed by atoms with Crippen molar-refractivity contribution in [2.24, 2.45) is 0 Å². The Hall–Kier alpha value is -1.60. The smallest absolute Gasteiger partial charge is 0.241 e. The van der Waals surface area contributed by atoms with E-state index in [1.165, 1.54) is 6.07 Å². The Balaban J connectivity index is 2.02. The first-order valence-electron chi connectivity index (χ1n) is 6.50. The summed E-state index contributed by atoms with van der Waals surface area (Å²) in [6, 6.07) is 6.61. The number of benzene rings is 1. The summed E-state index contributed by atoms with van der Waals surface area (Å²) >= 11 is 0. The van der Waals surface area contributed by atoms with Gasteiger partial charge in [-0.15, -0.1) is 0 Å². The van der Waals surface area contributed by atoms with Gasteiger partial charge < -0.3 is 15.5 Å². The second-order valence-corrected chi connectivity index (χ2v) is 6.74. The fraction of sp³-hybridized carbons (Fsp3) is 0.462. The van der Waals surface area contributed by atoms with Gasteiger partial charge in [-0.2, -0.15) is 0 Å². The third-order valence-corrected chi connectivity index (χ3v) is 4.34. The van der Waals surface area contributed by atoms with Crippen LogP contribution in [-0.2, 0) is 14.6 Å². The standard InChI is InChI=1S/C13H19N3O3S/c1-20(18,19)12-5-3-2-4-11(12)15-10-13(17)16-8-6-14-7-9-16/h2-5,14-15H,6-10H2,1H3. The molecule has 2 N–H and O–H groups in total. The van der Waals surface area contributed by atoms with E-state index in [1.807, 2.05) is 0 Å². The predicted molar refractivity (Wildman–Crippen MR) is 77.5 cm³/mol. The minimum atomic E-state index is -3.30. The molecule has 1 saturated heterocycles. The molecule has 0 radical (unpaired) electrons. The Labute approximate surface area is 119 Å². The predicted octanol–water partition coefficient (Wildman–Crippen LogP) is -0.0662. The van der Waals surface area contributed by atoms with Gasteiger partial charge in [0.1, 0.15) is 0 Å². The lowest BCUT2D eigenvalue weighted by Gasteiger charge is -2.27. The maximum atomic E-state index is 12.0. The summed E-state index contributed by atoms with van der Waals surface area (Å²) in [5, 5.41) is 6.10. The van der Waals surface area contributed by atoms with E-state index >= 15 is 0 Å². The van der Waals surface area contributed by atoms with Crippen molar-refractivity contribution in [2.45, 2.75) is 4.90 Å². The quantitative estimate of drug-likeness (QED) is 0.813. The third kappa shape index (κ3) is 3.71. The second-order valence-electron chi connectivity index (χ2n) is 4.75. The van der Waals surface area contributed by atoms with Gasteiger partial charge in [-0.3, -0.25) is 4.79 Å². The molecule has 0 spiro atoms. The van der Waals surface area contributed by atoms with Crippen molar-refractivity contribution >= 4 is 21.4 Å². The van der Waals surface area contributed by atoms with Crippen LogP contribution in [0.2, 0.25) is 0 Å². The van der Waals surface area contributed by atoms with Crippen molar-refractivity contribution in [1.82, 2.24) is 10.2 Å². The Morgan fingerprint density at radius 1 is 1.30 bits per heavy atom. The summed E-state index contributed by atoms with van der Waals surface area (Å²) in [6.07, 6.45) is 1.16. The van der Waals surface area contributed by atoms with Gasteiger partial charge in [0.15, 0.2) is 9.84 Å². The summed E-state index contributed by atoms with van der Waals surface area (Å²) in [7, 11) is -3.30. The van der Waals surface area contributed by atoms with Gasteiger partial charge in [0, 0.05) is 32.4 Å². The molecule has 1 aromatic rings. The Bertz CT molecular complexity index is 580. The SMILES string of the molecule is CS(=O)(=O)c1ccccc1NCC(=O)N1CCNCC1. The van der Waals surface area contributed by atoms with Gasteiger partial charge in [0.05, 0.1) is 17.1 Å². The van der Waals surface area contributed by atoms with Crippen molar-refractivity contribution in [3.05, 3.63) is 24.3 Å². The van der Waals surface area contributed by atoms with E-state index in [0.717, 1.165) is 19.3 Å². The van der Waals surface area contributed by atoms with E-state index in [4.69, 9.17) is 0 Å². The number of para-hydroxylation sites is 1. The fourth-order valence-electron chi connectivity index (χ4n) is 2.13. The van der Waals surface area contributed by atoms with Crippen LogP contribution in [-0.4, -0.2) is 58.2 Å².